The van der Waals surface area contributed by atoms with E-state index in [2.05, 4.69) is 14.4 Å². The average molecular weight is 221 g/mol. The third-order valence-corrected chi connectivity index (χ3v) is 3.18. The van der Waals surface area contributed by atoms with Gasteiger partial charge in [-0.1, -0.05) is 0 Å². The van der Waals surface area contributed by atoms with Crippen molar-refractivity contribution in [3.8, 4) is 0 Å². The number of hydrogen-bond donors (Lipinski definition) is 2. The predicted molar refractivity (Wildman–Crippen MR) is 51.8 cm³/mol. The molecule has 1 aromatic heterocycles. The van der Waals surface area contributed by atoms with E-state index in [0.717, 1.165) is 5.69 Å². The standard InChI is InChI=1S/C6H11N3O2S2/c1-7-13(10,11)9-3-2-6-4-12-5-8-6/h4-5,7,9H,2-3H2,1H3. The summed E-state index contributed by atoms with van der Waals surface area (Å²) >= 11 is 1.50. The van der Waals surface area contributed by atoms with E-state index in [9.17, 15) is 8.42 Å². The number of thiazole rings is 1. The Morgan fingerprint density at radius 3 is 2.92 bits per heavy atom. The molecule has 1 rings (SSSR count). The molecule has 0 radical (unpaired) electrons. The minimum atomic E-state index is -3.30. The van der Waals surface area contributed by atoms with Crippen molar-refractivity contribution in [1.29, 1.82) is 0 Å². The second-order valence-electron chi connectivity index (χ2n) is 2.33. The number of aromatic nitrogens is 1. The van der Waals surface area contributed by atoms with Crippen LogP contribution in [0.3, 0.4) is 0 Å². The second-order valence-corrected chi connectivity index (χ2v) is 4.75. The predicted octanol–water partition coefficient (Wildman–Crippen LogP) is -0.261. The summed E-state index contributed by atoms with van der Waals surface area (Å²) in [4.78, 5) is 4.02. The van der Waals surface area contributed by atoms with E-state index in [1.807, 2.05) is 5.38 Å². The highest BCUT2D eigenvalue weighted by Gasteiger charge is 2.04. The summed E-state index contributed by atoms with van der Waals surface area (Å²) in [7, 11) is -1.93. The van der Waals surface area contributed by atoms with E-state index in [4.69, 9.17) is 0 Å². The van der Waals surface area contributed by atoms with Gasteiger partial charge in [-0.15, -0.1) is 11.3 Å². The van der Waals surface area contributed by atoms with Crippen molar-refractivity contribution < 1.29 is 8.42 Å². The minimum Gasteiger partial charge on any atom is -0.250 e. The van der Waals surface area contributed by atoms with Crippen LogP contribution in [0.2, 0.25) is 0 Å². The fourth-order valence-electron chi connectivity index (χ4n) is 0.747. The van der Waals surface area contributed by atoms with Crippen LogP contribution in [0.25, 0.3) is 0 Å². The normalized spacial score (nSPS) is 11.8. The van der Waals surface area contributed by atoms with Crippen LogP contribution in [0.5, 0.6) is 0 Å². The highest BCUT2D eigenvalue weighted by molar-refractivity contribution is 7.87. The summed E-state index contributed by atoms with van der Waals surface area (Å²) < 4.78 is 26.3. The quantitative estimate of drug-likeness (QED) is 0.719. The molecular weight excluding hydrogens is 210 g/mol. The molecule has 0 fully saturated rings. The molecule has 0 saturated heterocycles. The smallest absolute Gasteiger partial charge is 0.250 e. The maximum absolute atomic E-state index is 10.9. The zero-order chi connectivity index (χ0) is 9.73. The molecule has 0 unspecified atom stereocenters. The molecule has 7 heteroatoms. The van der Waals surface area contributed by atoms with Gasteiger partial charge in [0.05, 0.1) is 11.2 Å². The molecule has 1 aromatic rings. The maximum Gasteiger partial charge on any atom is 0.276 e. The molecule has 1 heterocycles. The molecule has 0 spiro atoms. The van der Waals surface area contributed by atoms with E-state index in [1.54, 1.807) is 5.51 Å². The molecule has 0 saturated carbocycles. The maximum atomic E-state index is 10.9. The first kappa shape index (κ1) is 10.6. The Labute approximate surface area is 81.4 Å². The summed E-state index contributed by atoms with van der Waals surface area (Å²) in [6.45, 7) is 0.368. The van der Waals surface area contributed by atoms with Crippen LogP contribution >= 0.6 is 11.3 Å². The van der Waals surface area contributed by atoms with Crippen LogP contribution in [0.1, 0.15) is 5.69 Å². The number of nitrogens with zero attached hydrogens (tertiary/aromatic N) is 1. The Hall–Kier alpha value is -0.500. The molecule has 5 nitrogen and oxygen atoms in total. The summed E-state index contributed by atoms with van der Waals surface area (Å²) in [5.41, 5.74) is 2.63. The van der Waals surface area contributed by atoms with Crippen LogP contribution in [0, 0.1) is 0 Å². The molecule has 0 aliphatic rings. The fraction of sp³-hybridized carbons (Fsp3) is 0.500. The molecule has 13 heavy (non-hydrogen) atoms. The third-order valence-electron chi connectivity index (χ3n) is 1.43. The fourth-order valence-corrected chi connectivity index (χ4v) is 1.85. The SMILES string of the molecule is CNS(=O)(=O)NCCc1cscn1. The van der Waals surface area contributed by atoms with Gasteiger partial charge in [-0.2, -0.15) is 8.42 Å². The Morgan fingerprint density at radius 1 is 1.62 bits per heavy atom. The number of rotatable bonds is 5. The number of hydrogen-bond acceptors (Lipinski definition) is 4. The molecule has 0 aromatic carbocycles. The lowest BCUT2D eigenvalue weighted by molar-refractivity contribution is 0.573. The lowest BCUT2D eigenvalue weighted by Crippen LogP contribution is -2.35. The molecule has 74 valence electrons. The van der Waals surface area contributed by atoms with Crippen LogP contribution in [0.4, 0.5) is 0 Å². The molecule has 0 bridgehead atoms. The third kappa shape index (κ3) is 3.81. The summed E-state index contributed by atoms with van der Waals surface area (Å²) in [5, 5.41) is 1.90. The van der Waals surface area contributed by atoms with Crippen molar-refractivity contribution in [2.75, 3.05) is 13.6 Å². The van der Waals surface area contributed by atoms with Gasteiger partial charge in [0, 0.05) is 25.4 Å². The summed E-state index contributed by atoms with van der Waals surface area (Å²) in [5.74, 6) is 0. The Balaban J connectivity index is 2.30. The lowest BCUT2D eigenvalue weighted by atomic mass is 10.3. The number of nitrogens with one attached hydrogen (secondary N) is 2. The van der Waals surface area contributed by atoms with Gasteiger partial charge in [-0.25, -0.2) is 14.4 Å². The van der Waals surface area contributed by atoms with Crippen molar-refractivity contribution in [2.24, 2.45) is 0 Å². The van der Waals surface area contributed by atoms with Gasteiger partial charge in [0.15, 0.2) is 0 Å². The van der Waals surface area contributed by atoms with Gasteiger partial charge in [-0.05, 0) is 0 Å². The largest absolute Gasteiger partial charge is 0.276 e. The van der Waals surface area contributed by atoms with Crippen LogP contribution in [-0.2, 0) is 16.6 Å². The van der Waals surface area contributed by atoms with Gasteiger partial charge in [-0.3, -0.25) is 0 Å². The van der Waals surface area contributed by atoms with Gasteiger partial charge >= 0.3 is 0 Å². The molecule has 0 aliphatic heterocycles. The van der Waals surface area contributed by atoms with Gasteiger partial charge in [0.2, 0.25) is 0 Å². The van der Waals surface area contributed by atoms with Crippen LogP contribution in [-0.4, -0.2) is 27.0 Å². The first-order valence-electron chi connectivity index (χ1n) is 3.69. The Kier molecular flexibility index (Phi) is 3.79. The van der Waals surface area contributed by atoms with E-state index in [0.29, 0.717) is 13.0 Å². The van der Waals surface area contributed by atoms with Crippen molar-refractivity contribution in [1.82, 2.24) is 14.4 Å². The van der Waals surface area contributed by atoms with Crippen molar-refractivity contribution >= 4 is 21.5 Å². The summed E-state index contributed by atoms with van der Waals surface area (Å²) in [6, 6.07) is 0. The van der Waals surface area contributed by atoms with Gasteiger partial charge < -0.3 is 0 Å². The average Bonchev–Trinajstić information content (AvgIpc) is 2.57. The van der Waals surface area contributed by atoms with E-state index in [-0.39, 0.29) is 0 Å². The first-order valence-corrected chi connectivity index (χ1v) is 6.12. The van der Waals surface area contributed by atoms with Gasteiger partial charge in [0.25, 0.3) is 10.2 Å². The van der Waals surface area contributed by atoms with Crippen molar-refractivity contribution in [3.63, 3.8) is 0 Å². The van der Waals surface area contributed by atoms with E-state index >= 15 is 0 Å². The second kappa shape index (κ2) is 4.66. The molecule has 0 amide bonds. The van der Waals surface area contributed by atoms with Crippen LogP contribution in [0.15, 0.2) is 10.9 Å². The lowest BCUT2D eigenvalue weighted by Gasteiger charge is -2.02. The molecule has 0 atom stereocenters. The highest BCUT2D eigenvalue weighted by Crippen LogP contribution is 2.00. The monoisotopic (exact) mass is 221 g/mol. The molecule has 0 aliphatic carbocycles. The zero-order valence-electron chi connectivity index (χ0n) is 7.15. The van der Waals surface area contributed by atoms with E-state index < -0.39 is 10.2 Å². The minimum absolute atomic E-state index is 0.368. The Morgan fingerprint density at radius 2 is 2.38 bits per heavy atom. The topological polar surface area (TPSA) is 71.1 Å². The van der Waals surface area contributed by atoms with Crippen molar-refractivity contribution in [2.45, 2.75) is 6.42 Å². The Bertz CT molecular complexity index is 333. The van der Waals surface area contributed by atoms with Gasteiger partial charge in [0.1, 0.15) is 0 Å². The zero-order valence-corrected chi connectivity index (χ0v) is 8.78. The highest BCUT2D eigenvalue weighted by atomic mass is 32.2. The molecular formula is C6H11N3O2S2. The first-order chi connectivity index (χ1) is 6.14. The summed E-state index contributed by atoms with van der Waals surface area (Å²) in [6.07, 6.45) is 0.615. The molecule has 2 N–H and O–H groups in total. The van der Waals surface area contributed by atoms with Crippen LogP contribution < -0.4 is 9.44 Å². The van der Waals surface area contributed by atoms with E-state index in [1.165, 1.54) is 18.4 Å². The van der Waals surface area contributed by atoms with Crippen molar-refractivity contribution in [3.05, 3.63) is 16.6 Å².